The van der Waals surface area contributed by atoms with Gasteiger partial charge in [0.05, 0.1) is 11.0 Å². The van der Waals surface area contributed by atoms with Gasteiger partial charge in [-0.2, -0.15) is 0 Å². The fraction of sp³-hybridized carbons (Fsp3) is 0.500. The summed E-state index contributed by atoms with van der Waals surface area (Å²) in [6.45, 7) is 0.915. The first kappa shape index (κ1) is 10.0. The summed E-state index contributed by atoms with van der Waals surface area (Å²) in [4.78, 5) is 14.6. The van der Waals surface area contributed by atoms with Crippen molar-refractivity contribution in [2.45, 2.75) is 25.3 Å². The Kier molecular flexibility index (Phi) is 2.91. The van der Waals surface area contributed by atoms with E-state index in [2.05, 4.69) is 10.3 Å². The van der Waals surface area contributed by atoms with Gasteiger partial charge in [-0.15, -0.1) is 0 Å². The molecule has 1 aromatic rings. The summed E-state index contributed by atoms with van der Waals surface area (Å²) in [6, 6.07) is 3.16. The van der Waals surface area contributed by atoms with Crippen LogP contribution in [0, 0.1) is 10.1 Å². The number of hydrogen-bond acceptors (Lipinski definition) is 4. The molecular weight excluding hydrogens is 194 g/mol. The molecule has 5 heteroatoms. The summed E-state index contributed by atoms with van der Waals surface area (Å²) in [5.41, 5.74) is 0.694. The highest BCUT2D eigenvalue weighted by atomic mass is 16.6. The lowest BCUT2D eigenvalue weighted by Crippen LogP contribution is -2.28. The average Bonchev–Trinajstić information content (AvgIpc) is 2.30. The molecular formula is C10H13N3O2. The van der Waals surface area contributed by atoms with Crippen LogP contribution in [-0.4, -0.2) is 16.5 Å². The van der Waals surface area contributed by atoms with Gasteiger partial charge in [0.15, 0.2) is 0 Å². The lowest BCUT2D eigenvalue weighted by atomic mass is 10.0. The maximum atomic E-state index is 10.8. The van der Waals surface area contributed by atoms with Crippen molar-refractivity contribution in [2.75, 3.05) is 6.54 Å². The number of aromatic nitrogens is 1. The highest BCUT2D eigenvalue weighted by Gasteiger charge is 2.24. The van der Waals surface area contributed by atoms with Crippen molar-refractivity contribution in [3.63, 3.8) is 0 Å². The summed E-state index contributed by atoms with van der Waals surface area (Å²) in [7, 11) is 0. The molecule has 0 spiro atoms. The van der Waals surface area contributed by atoms with Crippen LogP contribution >= 0.6 is 0 Å². The third-order valence-corrected chi connectivity index (χ3v) is 2.65. The Morgan fingerprint density at radius 2 is 2.40 bits per heavy atom. The largest absolute Gasteiger partial charge is 0.308 e. The molecule has 80 valence electrons. The summed E-state index contributed by atoms with van der Waals surface area (Å²) < 4.78 is 0. The second kappa shape index (κ2) is 4.35. The second-order valence-corrected chi connectivity index (χ2v) is 3.67. The molecule has 0 radical (unpaired) electrons. The Morgan fingerprint density at radius 3 is 3.07 bits per heavy atom. The lowest BCUT2D eigenvalue weighted by molar-refractivity contribution is -0.386. The molecule has 0 amide bonds. The molecule has 1 aliphatic rings. The predicted octanol–water partition coefficient (Wildman–Crippen LogP) is 1.80. The normalized spacial score (nSPS) is 21.2. The number of nitrogens with one attached hydrogen (secondary N) is 1. The monoisotopic (exact) mass is 207 g/mol. The number of nitro groups is 1. The van der Waals surface area contributed by atoms with E-state index in [1.165, 1.54) is 6.07 Å². The van der Waals surface area contributed by atoms with Crippen LogP contribution < -0.4 is 5.32 Å². The topological polar surface area (TPSA) is 68.1 Å². The molecule has 0 aliphatic carbocycles. The van der Waals surface area contributed by atoms with Gasteiger partial charge in [0.25, 0.3) is 5.69 Å². The van der Waals surface area contributed by atoms with Gasteiger partial charge >= 0.3 is 0 Å². The van der Waals surface area contributed by atoms with Crippen molar-refractivity contribution in [1.29, 1.82) is 0 Å². The first-order chi connectivity index (χ1) is 7.29. The zero-order valence-electron chi connectivity index (χ0n) is 8.35. The fourth-order valence-electron chi connectivity index (χ4n) is 1.92. The van der Waals surface area contributed by atoms with E-state index in [1.807, 2.05) is 0 Å². The van der Waals surface area contributed by atoms with Crippen LogP contribution in [0.3, 0.4) is 0 Å². The van der Waals surface area contributed by atoms with Crippen LogP contribution in [0.4, 0.5) is 5.69 Å². The van der Waals surface area contributed by atoms with E-state index in [0.29, 0.717) is 5.69 Å². The minimum atomic E-state index is -0.362. The van der Waals surface area contributed by atoms with Crippen LogP contribution in [0.2, 0.25) is 0 Å². The number of pyridine rings is 1. The molecule has 15 heavy (non-hydrogen) atoms. The quantitative estimate of drug-likeness (QED) is 0.593. The van der Waals surface area contributed by atoms with Gasteiger partial charge in [0.1, 0.15) is 5.69 Å². The molecule has 1 aromatic heterocycles. The van der Waals surface area contributed by atoms with E-state index in [-0.39, 0.29) is 16.7 Å². The Morgan fingerprint density at radius 1 is 1.53 bits per heavy atom. The van der Waals surface area contributed by atoms with Crippen molar-refractivity contribution < 1.29 is 4.92 Å². The number of hydrogen-bond donors (Lipinski definition) is 1. The third kappa shape index (κ3) is 2.12. The minimum Gasteiger partial charge on any atom is -0.308 e. The fourth-order valence-corrected chi connectivity index (χ4v) is 1.92. The average molecular weight is 207 g/mol. The van der Waals surface area contributed by atoms with E-state index in [9.17, 15) is 10.1 Å². The smallest absolute Gasteiger partial charge is 0.292 e. The van der Waals surface area contributed by atoms with Crippen molar-refractivity contribution in [2.24, 2.45) is 0 Å². The Bertz CT molecular complexity index is 361. The molecule has 1 N–H and O–H groups in total. The van der Waals surface area contributed by atoms with Gasteiger partial charge in [-0.1, -0.05) is 6.42 Å². The van der Waals surface area contributed by atoms with E-state index in [4.69, 9.17) is 0 Å². The summed E-state index contributed by atoms with van der Waals surface area (Å²) >= 11 is 0. The molecule has 2 heterocycles. The van der Waals surface area contributed by atoms with Crippen LogP contribution in [0.25, 0.3) is 0 Å². The maximum absolute atomic E-state index is 10.8. The summed E-state index contributed by atoms with van der Waals surface area (Å²) in [5, 5.41) is 14.1. The molecule has 1 fully saturated rings. The van der Waals surface area contributed by atoms with Gasteiger partial charge in [-0.05, 0) is 25.5 Å². The molecule has 0 bridgehead atoms. The Balaban J connectivity index is 2.29. The van der Waals surface area contributed by atoms with E-state index in [1.54, 1.807) is 12.3 Å². The SMILES string of the molecule is O=[N+]([O-])c1cccnc1C1CCCCN1. The Hall–Kier alpha value is -1.49. The molecule has 0 aromatic carbocycles. The van der Waals surface area contributed by atoms with Gasteiger partial charge < -0.3 is 5.32 Å². The first-order valence-electron chi connectivity index (χ1n) is 5.12. The highest BCUT2D eigenvalue weighted by Crippen LogP contribution is 2.27. The number of piperidine rings is 1. The molecule has 1 unspecified atom stereocenters. The van der Waals surface area contributed by atoms with Gasteiger partial charge in [-0.3, -0.25) is 15.1 Å². The minimum absolute atomic E-state index is 0.0420. The van der Waals surface area contributed by atoms with Gasteiger partial charge in [-0.25, -0.2) is 0 Å². The van der Waals surface area contributed by atoms with Crippen LogP contribution in [0.5, 0.6) is 0 Å². The standard InChI is InChI=1S/C10H13N3O2/c14-13(15)9-5-3-7-12-10(9)8-4-1-2-6-11-8/h3,5,7-8,11H,1-2,4,6H2. The van der Waals surface area contributed by atoms with Crippen molar-refractivity contribution >= 4 is 5.69 Å². The van der Waals surface area contributed by atoms with Crippen molar-refractivity contribution in [3.05, 3.63) is 34.1 Å². The van der Waals surface area contributed by atoms with E-state index >= 15 is 0 Å². The molecule has 2 rings (SSSR count). The molecule has 1 atom stereocenters. The summed E-state index contributed by atoms with van der Waals surface area (Å²) in [6.07, 6.45) is 4.78. The Labute approximate surface area is 87.7 Å². The highest BCUT2D eigenvalue weighted by molar-refractivity contribution is 5.36. The molecule has 0 saturated carbocycles. The lowest BCUT2D eigenvalue weighted by Gasteiger charge is -2.22. The molecule has 1 aliphatic heterocycles. The third-order valence-electron chi connectivity index (χ3n) is 2.65. The zero-order chi connectivity index (χ0) is 10.7. The van der Waals surface area contributed by atoms with Crippen LogP contribution in [0.15, 0.2) is 18.3 Å². The van der Waals surface area contributed by atoms with Crippen molar-refractivity contribution in [1.82, 2.24) is 10.3 Å². The van der Waals surface area contributed by atoms with Crippen molar-refractivity contribution in [3.8, 4) is 0 Å². The van der Waals surface area contributed by atoms with Crippen LogP contribution in [0.1, 0.15) is 31.0 Å². The summed E-state index contributed by atoms with van der Waals surface area (Å²) in [5.74, 6) is 0. The predicted molar refractivity (Wildman–Crippen MR) is 55.5 cm³/mol. The first-order valence-corrected chi connectivity index (χ1v) is 5.12. The maximum Gasteiger partial charge on any atom is 0.292 e. The molecule has 5 nitrogen and oxygen atoms in total. The number of rotatable bonds is 2. The van der Waals surface area contributed by atoms with Gasteiger partial charge in [0, 0.05) is 12.3 Å². The van der Waals surface area contributed by atoms with E-state index < -0.39 is 0 Å². The zero-order valence-corrected chi connectivity index (χ0v) is 8.35. The second-order valence-electron chi connectivity index (χ2n) is 3.67. The van der Waals surface area contributed by atoms with E-state index in [0.717, 1.165) is 25.8 Å². The van der Waals surface area contributed by atoms with Crippen LogP contribution in [-0.2, 0) is 0 Å². The van der Waals surface area contributed by atoms with Gasteiger partial charge in [0.2, 0.25) is 0 Å². The molecule has 1 saturated heterocycles. The number of nitrogens with zero attached hydrogens (tertiary/aromatic N) is 2.